The lowest BCUT2D eigenvalue weighted by Crippen LogP contribution is -2.02. The van der Waals surface area contributed by atoms with Crippen LogP contribution in [0.2, 0.25) is 0 Å². The van der Waals surface area contributed by atoms with Crippen molar-refractivity contribution >= 4 is 5.69 Å². The molecule has 0 amide bonds. The van der Waals surface area contributed by atoms with Crippen LogP contribution in [-0.2, 0) is 6.54 Å². The fraction of sp³-hybridized carbons (Fsp3) is 0.267. The number of anilines is 1. The number of hydrogen-bond donors (Lipinski definition) is 1. The first kappa shape index (κ1) is 13.2. The maximum absolute atomic E-state index is 5.24. The Morgan fingerprint density at radius 3 is 2.63 bits per heavy atom. The van der Waals surface area contributed by atoms with Gasteiger partial charge in [-0.3, -0.25) is 0 Å². The summed E-state index contributed by atoms with van der Waals surface area (Å²) in [5.41, 5.74) is 3.09. The zero-order chi connectivity index (χ0) is 13.7. The van der Waals surface area contributed by atoms with Gasteiger partial charge in [0.2, 0.25) is 5.88 Å². The molecular weight excluding hydrogens is 240 g/mol. The van der Waals surface area contributed by atoms with Crippen LogP contribution in [0.1, 0.15) is 11.3 Å². The largest absolute Gasteiger partial charge is 0.496 e. The van der Waals surface area contributed by atoms with Crippen molar-refractivity contribution < 1.29 is 9.47 Å². The Balaban J connectivity index is 2.03. The van der Waals surface area contributed by atoms with Crippen LogP contribution >= 0.6 is 0 Å². The summed E-state index contributed by atoms with van der Waals surface area (Å²) in [7, 11) is 3.29. The number of aryl methyl sites for hydroxylation is 1. The van der Waals surface area contributed by atoms with Gasteiger partial charge in [0.1, 0.15) is 5.75 Å². The summed E-state index contributed by atoms with van der Waals surface area (Å²) in [5, 5.41) is 3.33. The molecule has 0 aliphatic rings. The third kappa shape index (κ3) is 3.37. The minimum Gasteiger partial charge on any atom is -0.496 e. The Hall–Kier alpha value is -2.23. The third-order valence-corrected chi connectivity index (χ3v) is 2.86. The van der Waals surface area contributed by atoms with Gasteiger partial charge in [0.25, 0.3) is 0 Å². The zero-order valence-electron chi connectivity index (χ0n) is 11.4. The van der Waals surface area contributed by atoms with E-state index in [1.165, 1.54) is 0 Å². The maximum atomic E-state index is 5.24. The molecular formula is C15H18N2O2. The Kier molecular flexibility index (Phi) is 4.23. The van der Waals surface area contributed by atoms with E-state index < -0.39 is 0 Å². The molecule has 0 radical (unpaired) electrons. The number of nitrogens with zero attached hydrogens (tertiary/aromatic N) is 1. The monoisotopic (exact) mass is 258 g/mol. The van der Waals surface area contributed by atoms with Gasteiger partial charge in [-0.25, -0.2) is 4.98 Å². The second-order valence-corrected chi connectivity index (χ2v) is 4.21. The van der Waals surface area contributed by atoms with E-state index in [2.05, 4.69) is 16.4 Å². The average Bonchev–Trinajstić information content (AvgIpc) is 2.45. The zero-order valence-corrected chi connectivity index (χ0v) is 11.4. The van der Waals surface area contributed by atoms with Gasteiger partial charge in [0, 0.05) is 11.8 Å². The van der Waals surface area contributed by atoms with E-state index >= 15 is 0 Å². The second kappa shape index (κ2) is 6.09. The molecule has 1 N–H and O–H groups in total. The van der Waals surface area contributed by atoms with Gasteiger partial charge in [-0.2, -0.15) is 0 Å². The van der Waals surface area contributed by atoms with Gasteiger partial charge in [-0.15, -0.1) is 0 Å². The molecule has 0 saturated carbocycles. The normalized spacial score (nSPS) is 10.1. The highest BCUT2D eigenvalue weighted by molar-refractivity contribution is 5.50. The first-order valence-electron chi connectivity index (χ1n) is 6.11. The number of benzene rings is 1. The van der Waals surface area contributed by atoms with Crippen LogP contribution in [0.4, 0.5) is 5.69 Å². The molecule has 0 aliphatic heterocycles. The molecule has 1 heterocycles. The van der Waals surface area contributed by atoms with Gasteiger partial charge in [-0.1, -0.05) is 6.07 Å². The lowest BCUT2D eigenvalue weighted by atomic mass is 10.2. The van der Waals surface area contributed by atoms with Crippen molar-refractivity contribution in [1.82, 2.24) is 4.98 Å². The average molecular weight is 258 g/mol. The molecule has 2 rings (SSSR count). The van der Waals surface area contributed by atoms with Gasteiger partial charge in [0.15, 0.2) is 0 Å². The van der Waals surface area contributed by atoms with Crippen molar-refractivity contribution in [2.75, 3.05) is 19.5 Å². The lowest BCUT2D eigenvalue weighted by Gasteiger charge is -2.10. The van der Waals surface area contributed by atoms with Crippen molar-refractivity contribution in [1.29, 1.82) is 0 Å². The molecule has 4 nitrogen and oxygen atoms in total. The van der Waals surface area contributed by atoms with Crippen LogP contribution in [0.3, 0.4) is 0 Å². The summed E-state index contributed by atoms with van der Waals surface area (Å²) in [4.78, 5) is 4.35. The fourth-order valence-electron chi connectivity index (χ4n) is 1.85. The van der Waals surface area contributed by atoms with E-state index in [0.717, 1.165) is 22.7 Å². The molecule has 0 saturated heterocycles. The van der Waals surface area contributed by atoms with Gasteiger partial charge in [-0.05, 0) is 36.8 Å². The Labute approximate surface area is 113 Å². The quantitative estimate of drug-likeness (QED) is 0.895. The van der Waals surface area contributed by atoms with Crippen LogP contribution in [0.25, 0.3) is 0 Å². The molecule has 19 heavy (non-hydrogen) atoms. The second-order valence-electron chi connectivity index (χ2n) is 4.21. The molecule has 0 atom stereocenters. The minimum absolute atomic E-state index is 0.630. The number of hydrogen-bond acceptors (Lipinski definition) is 4. The van der Waals surface area contributed by atoms with Crippen molar-refractivity contribution in [2.45, 2.75) is 13.5 Å². The molecule has 0 unspecified atom stereocenters. The first-order valence-corrected chi connectivity index (χ1v) is 6.11. The Bertz CT molecular complexity index is 556. The molecule has 0 bridgehead atoms. The summed E-state index contributed by atoms with van der Waals surface area (Å²) < 4.78 is 10.3. The number of aromatic nitrogens is 1. The SMILES string of the molecule is COc1cccc(CNc2ccc(OC)c(C)c2)n1. The van der Waals surface area contributed by atoms with Gasteiger partial charge >= 0.3 is 0 Å². The van der Waals surface area contributed by atoms with Gasteiger partial charge < -0.3 is 14.8 Å². The van der Waals surface area contributed by atoms with Crippen LogP contribution in [0.15, 0.2) is 36.4 Å². The summed E-state index contributed by atoms with van der Waals surface area (Å²) in [6.07, 6.45) is 0. The lowest BCUT2D eigenvalue weighted by molar-refractivity contribution is 0.396. The highest BCUT2D eigenvalue weighted by Gasteiger charge is 2.01. The van der Waals surface area contributed by atoms with Crippen molar-refractivity contribution in [3.63, 3.8) is 0 Å². The molecule has 2 aromatic rings. The Morgan fingerprint density at radius 2 is 1.95 bits per heavy atom. The van der Waals surface area contributed by atoms with Gasteiger partial charge in [0.05, 0.1) is 26.5 Å². The first-order chi connectivity index (χ1) is 9.22. The predicted molar refractivity (Wildman–Crippen MR) is 75.8 cm³/mol. The summed E-state index contributed by atoms with van der Waals surface area (Å²) in [6, 6.07) is 11.7. The molecule has 4 heteroatoms. The number of nitrogens with one attached hydrogen (secondary N) is 1. The van der Waals surface area contributed by atoms with E-state index in [1.807, 2.05) is 37.3 Å². The molecule has 1 aromatic heterocycles. The highest BCUT2D eigenvalue weighted by Crippen LogP contribution is 2.21. The molecule has 0 spiro atoms. The smallest absolute Gasteiger partial charge is 0.213 e. The molecule has 1 aromatic carbocycles. The Morgan fingerprint density at radius 1 is 1.11 bits per heavy atom. The molecule has 0 fully saturated rings. The number of rotatable bonds is 5. The van der Waals surface area contributed by atoms with E-state index in [9.17, 15) is 0 Å². The van der Waals surface area contributed by atoms with Crippen LogP contribution in [0, 0.1) is 6.92 Å². The predicted octanol–water partition coefficient (Wildman–Crippen LogP) is 3.02. The minimum atomic E-state index is 0.630. The van der Waals surface area contributed by atoms with Crippen LogP contribution in [0.5, 0.6) is 11.6 Å². The standard InChI is InChI=1S/C15H18N2O2/c1-11-9-12(7-8-14(11)18-2)16-10-13-5-4-6-15(17-13)19-3/h4-9,16H,10H2,1-3H3. The number of methoxy groups -OCH3 is 2. The topological polar surface area (TPSA) is 43.4 Å². The molecule has 0 aliphatic carbocycles. The van der Waals surface area contributed by atoms with Crippen molar-refractivity contribution in [2.24, 2.45) is 0 Å². The number of ether oxygens (including phenoxy) is 2. The maximum Gasteiger partial charge on any atom is 0.213 e. The van der Waals surface area contributed by atoms with E-state index in [0.29, 0.717) is 12.4 Å². The summed E-state index contributed by atoms with van der Waals surface area (Å²) in [5.74, 6) is 1.52. The van der Waals surface area contributed by atoms with E-state index in [-0.39, 0.29) is 0 Å². The van der Waals surface area contributed by atoms with Crippen LogP contribution < -0.4 is 14.8 Å². The highest BCUT2D eigenvalue weighted by atomic mass is 16.5. The fourth-order valence-corrected chi connectivity index (χ4v) is 1.85. The third-order valence-electron chi connectivity index (χ3n) is 2.86. The van der Waals surface area contributed by atoms with Crippen LogP contribution in [-0.4, -0.2) is 19.2 Å². The summed E-state index contributed by atoms with van der Waals surface area (Å²) in [6.45, 7) is 2.68. The molecule has 100 valence electrons. The van der Waals surface area contributed by atoms with Crippen molar-refractivity contribution in [3.05, 3.63) is 47.7 Å². The van der Waals surface area contributed by atoms with E-state index in [1.54, 1.807) is 14.2 Å². The van der Waals surface area contributed by atoms with E-state index in [4.69, 9.17) is 9.47 Å². The number of pyridine rings is 1. The van der Waals surface area contributed by atoms with Crippen molar-refractivity contribution in [3.8, 4) is 11.6 Å². The summed E-state index contributed by atoms with van der Waals surface area (Å²) >= 11 is 0.